The summed E-state index contributed by atoms with van der Waals surface area (Å²) in [6, 6.07) is 20.5. The van der Waals surface area contributed by atoms with Crippen LogP contribution in [0.3, 0.4) is 0 Å². The monoisotopic (exact) mass is 330 g/mol. The van der Waals surface area contributed by atoms with E-state index >= 15 is 0 Å². The highest BCUT2D eigenvalue weighted by Crippen LogP contribution is 2.22. The van der Waals surface area contributed by atoms with Crippen molar-refractivity contribution in [3.8, 4) is 0 Å². The van der Waals surface area contributed by atoms with Crippen LogP contribution in [0.5, 0.6) is 0 Å². The average Bonchev–Trinajstić information content (AvgIpc) is 3.07. The molecule has 1 saturated heterocycles. The van der Waals surface area contributed by atoms with Crippen LogP contribution in [0.2, 0.25) is 0 Å². The maximum atomic E-state index is 12.4. The summed E-state index contributed by atoms with van der Waals surface area (Å²) in [4.78, 5) is 12.4. The van der Waals surface area contributed by atoms with Gasteiger partial charge >= 0.3 is 0 Å². The van der Waals surface area contributed by atoms with Crippen LogP contribution in [0, 0.1) is 0 Å². The van der Waals surface area contributed by atoms with Crippen molar-refractivity contribution in [1.82, 2.24) is 10.6 Å². The maximum Gasteiger partial charge on any atom is 0.222 e. The fourth-order valence-electron chi connectivity index (χ4n) is 3.02. The number of halogens is 1. The molecule has 1 heterocycles. The van der Waals surface area contributed by atoms with Gasteiger partial charge in [0.25, 0.3) is 0 Å². The molecule has 4 heteroatoms. The minimum Gasteiger partial charge on any atom is -0.345 e. The molecule has 1 fully saturated rings. The van der Waals surface area contributed by atoms with Gasteiger partial charge in [-0.1, -0.05) is 60.7 Å². The largest absolute Gasteiger partial charge is 0.345 e. The van der Waals surface area contributed by atoms with Gasteiger partial charge < -0.3 is 10.6 Å². The van der Waals surface area contributed by atoms with E-state index in [9.17, 15) is 4.79 Å². The quantitative estimate of drug-likeness (QED) is 0.881. The standard InChI is InChI=1S/C19H22N2O.ClH/c22-18(14-17-12-7-13-20-17)21-19(15-8-3-1-4-9-15)16-10-5-2-6-11-16;/h1-6,8-11,17,19-20H,7,12-14H2,(H,21,22);1H. The minimum absolute atomic E-state index is 0. The van der Waals surface area contributed by atoms with Crippen molar-refractivity contribution in [2.24, 2.45) is 0 Å². The Labute approximate surface area is 143 Å². The second kappa shape index (κ2) is 8.70. The van der Waals surface area contributed by atoms with E-state index in [0.717, 1.165) is 24.1 Å². The molecule has 0 saturated carbocycles. The van der Waals surface area contributed by atoms with Crippen LogP contribution in [0.4, 0.5) is 0 Å². The summed E-state index contributed by atoms with van der Waals surface area (Å²) in [7, 11) is 0. The number of nitrogens with one attached hydrogen (secondary N) is 2. The van der Waals surface area contributed by atoms with Crippen LogP contribution in [0.15, 0.2) is 60.7 Å². The SMILES string of the molecule is Cl.O=C(CC1CCCN1)NC(c1ccccc1)c1ccccc1. The van der Waals surface area contributed by atoms with Crippen LogP contribution in [0.1, 0.15) is 36.4 Å². The van der Waals surface area contributed by atoms with Crippen molar-refractivity contribution >= 4 is 18.3 Å². The first kappa shape index (κ1) is 17.5. The van der Waals surface area contributed by atoms with Gasteiger partial charge in [-0.25, -0.2) is 0 Å². The van der Waals surface area contributed by atoms with Crippen molar-refractivity contribution < 1.29 is 4.79 Å². The van der Waals surface area contributed by atoms with Gasteiger partial charge in [0.05, 0.1) is 6.04 Å². The lowest BCUT2D eigenvalue weighted by Crippen LogP contribution is -2.34. The third-order valence-corrected chi connectivity index (χ3v) is 4.17. The topological polar surface area (TPSA) is 41.1 Å². The lowest BCUT2D eigenvalue weighted by Gasteiger charge is -2.21. The van der Waals surface area contributed by atoms with Gasteiger partial charge in [0, 0.05) is 12.5 Å². The van der Waals surface area contributed by atoms with Crippen molar-refractivity contribution in [2.45, 2.75) is 31.3 Å². The molecule has 23 heavy (non-hydrogen) atoms. The number of carbonyl (C=O) groups is 1. The predicted octanol–water partition coefficient (Wildman–Crippen LogP) is 3.46. The summed E-state index contributed by atoms with van der Waals surface area (Å²) in [5.41, 5.74) is 2.22. The highest BCUT2D eigenvalue weighted by atomic mass is 35.5. The Morgan fingerprint density at radius 1 is 1.04 bits per heavy atom. The van der Waals surface area contributed by atoms with Gasteiger partial charge in [0.1, 0.15) is 0 Å². The van der Waals surface area contributed by atoms with Crippen LogP contribution >= 0.6 is 12.4 Å². The second-order valence-electron chi connectivity index (χ2n) is 5.82. The molecule has 1 unspecified atom stereocenters. The molecule has 122 valence electrons. The van der Waals surface area contributed by atoms with E-state index < -0.39 is 0 Å². The smallest absolute Gasteiger partial charge is 0.222 e. The van der Waals surface area contributed by atoms with Crippen molar-refractivity contribution in [3.63, 3.8) is 0 Å². The summed E-state index contributed by atoms with van der Waals surface area (Å²) < 4.78 is 0. The minimum atomic E-state index is -0.0868. The zero-order chi connectivity index (χ0) is 15.2. The Morgan fingerprint density at radius 3 is 2.09 bits per heavy atom. The Morgan fingerprint density at radius 2 is 1.61 bits per heavy atom. The summed E-state index contributed by atoms with van der Waals surface area (Å²) in [6.45, 7) is 1.03. The lowest BCUT2D eigenvalue weighted by molar-refractivity contribution is -0.122. The molecule has 0 spiro atoms. The van der Waals surface area contributed by atoms with Gasteiger partial charge in [-0.05, 0) is 30.5 Å². The van der Waals surface area contributed by atoms with E-state index in [2.05, 4.69) is 34.9 Å². The molecule has 1 aliphatic heterocycles. The van der Waals surface area contributed by atoms with Gasteiger partial charge in [0.15, 0.2) is 0 Å². The van der Waals surface area contributed by atoms with Gasteiger partial charge in [-0.15, -0.1) is 12.4 Å². The Bertz CT molecular complexity index is 558. The van der Waals surface area contributed by atoms with E-state index in [1.807, 2.05) is 36.4 Å². The number of hydrogen-bond donors (Lipinski definition) is 2. The van der Waals surface area contributed by atoms with E-state index in [0.29, 0.717) is 12.5 Å². The van der Waals surface area contributed by atoms with Crippen molar-refractivity contribution in [3.05, 3.63) is 71.8 Å². The van der Waals surface area contributed by atoms with Crippen LogP contribution in [-0.4, -0.2) is 18.5 Å². The molecule has 2 aromatic rings. The fraction of sp³-hybridized carbons (Fsp3) is 0.316. The Balaban J connectivity index is 0.00000192. The number of rotatable bonds is 5. The van der Waals surface area contributed by atoms with Crippen LogP contribution < -0.4 is 10.6 Å². The molecule has 0 bridgehead atoms. The zero-order valence-corrected chi connectivity index (χ0v) is 13.9. The molecule has 2 N–H and O–H groups in total. The summed E-state index contributed by atoms with van der Waals surface area (Å²) >= 11 is 0. The van der Waals surface area contributed by atoms with E-state index in [1.54, 1.807) is 0 Å². The number of amides is 1. The molecule has 0 aliphatic carbocycles. The third kappa shape index (κ3) is 4.81. The van der Waals surface area contributed by atoms with E-state index in [-0.39, 0.29) is 24.4 Å². The molecular formula is C19H23ClN2O. The molecule has 3 nitrogen and oxygen atoms in total. The molecular weight excluding hydrogens is 308 g/mol. The van der Waals surface area contributed by atoms with Gasteiger partial charge in [-0.2, -0.15) is 0 Å². The Hall–Kier alpha value is -1.84. The highest BCUT2D eigenvalue weighted by molar-refractivity contribution is 5.85. The first-order valence-corrected chi connectivity index (χ1v) is 7.95. The van der Waals surface area contributed by atoms with Crippen LogP contribution in [-0.2, 0) is 4.79 Å². The fourth-order valence-corrected chi connectivity index (χ4v) is 3.02. The van der Waals surface area contributed by atoms with E-state index in [4.69, 9.17) is 0 Å². The lowest BCUT2D eigenvalue weighted by atomic mass is 9.98. The normalized spacial score (nSPS) is 16.8. The number of carbonyl (C=O) groups excluding carboxylic acids is 1. The maximum absolute atomic E-state index is 12.4. The highest BCUT2D eigenvalue weighted by Gasteiger charge is 2.21. The summed E-state index contributed by atoms with van der Waals surface area (Å²) in [5.74, 6) is 0.108. The second-order valence-corrected chi connectivity index (χ2v) is 5.82. The summed E-state index contributed by atoms with van der Waals surface area (Å²) in [5, 5.41) is 6.58. The molecule has 2 aromatic carbocycles. The molecule has 0 aromatic heterocycles. The number of hydrogen-bond acceptors (Lipinski definition) is 2. The molecule has 1 aliphatic rings. The first-order valence-electron chi connectivity index (χ1n) is 7.95. The zero-order valence-electron chi connectivity index (χ0n) is 13.1. The van der Waals surface area contributed by atoms with Gasteiger partial charge in [-0.3, -0.25) is 4.79 Å². The Kier molecular flexibility index (Phi) is 6.63. The summed E-state index contributed by atoms with van der Waals surface area (Å²) in [6.07, 6.45) is 2.81. The van der Waals surface area contributed by atoms with E-state index in [1.165, 1.54) is 6.42 Å². The third-order valence-electron chi connectivity index (χ3n) is 4.17. The van der Waals surface area contributed by atoms with Crippen molar-refractivity contribution in [1.29, 1.82) is 0 Å². The molecule has 1 amide bonds. The van der Waals surface area contributed by atoms with Gasteiger partial charge in [0.2, 0.25) is 5.91 Å². The molecule has 0 radical (unpaired) electrons. The molecule has 1 atom stereocenters. The predicted molar refractivity (Wildman–Crippen MR) is 95.8 cm³/mol. The first-order chi connectivity index (χ1) is 10.8. The van der Waals surface area contributed by atoms with Crippen LogP contribution in [0.25, 0.3) is 0 Å². The average molecular weight is 331 g/mol. The molecule has 3 rings (SSSR count). The number of benzene rings is 2. The van der Waals surface area contributed by atoms with Crippen molar-refractivity contribution in [2.75, 3.05) is 6.54 Å².